The maximum atomic E-state index is 10.8. The van der Waals surface area contributed by atoms with Crippen molar-refractivity contribution in [2.45, 2.75) is 19.9 Å². The lowest BCUT2D eigenvalue weighted by molar-refractivity contribution is -0.141. The number of nitrogens with zero attached hydrogens (tertiary/aromatic N) is 1. The van der Waals surface area contributed by atoms with E-state index in [1.807, 2.05) is 0 Å². The number of benzene rings is 1. The van der Waals surface area contributed by atoms with Crippen LogP contribution in [0.15, 0.2) is 24.3 Å². The average Bonchev–Trinajstić information content (AvgIpc) is 2.66. The van der Waals surface area contributed by atoms with E-state index >= 15 is 0 Å². The molecular formula is C13H17NO2. The third kappa shape index (κ3) is 2.61. The van der Waals surface area contributed by atoms with E-state index in [9.17, 15) is 4.79 Å². The molecule has 1 aliphatic rings. The topological polar surface area (TPSA) is 40.5 Å². The third-order valence-corrected chi connectivity index (χ3v) is 3.11. The Hall–Kier alpha value is -1.35. The Bertz CT molecular complexity index is 389. The first-order chi connectivity index (χ1) is 7.65. The summed E-state index contributed by atoms with van der Waals surface area (Å²) in [6.45, 7) is 4.52. The van der Waals surface area contributed by atoms with Crippen molar-refractivity contribution in [3.8, 4) is 0 Å². The Morgan fingerprint density at radius 2 is 2.38 bits per heavy atom. The van der Waals surface area contributed by atoms with Gasteiger partial charge in [-0.1, -0.05) is 29.8 Å². The van der Waals surface area contributed by atoms with E-state index in [-0.39, 0.29) is 5.92 Å². The number of carbonyl (C=O) groups is 1. The van der Waals surface area contributed by atoms with Gasteiger partial charge in [-0.05, 0) is 25.5 Å². The first kappa shape index (κ1) is 11.1. The highest BCUT2D eigenvalue weighted by atomic mass is 16.4. The Morgan fingerprint density at radius 3 is 3.00 bits per heavy atom. The molecule has 1 aromatic carbocycles. The van der Waals surface area contributed by atoms with Gasteiger partial charge < -0.3 is 5.11 Å². The van der Waals surface area contributed by atoms with Gasteiger partial charge >= 0.3 is 5.97 Å². The minimum absolute atomic E-state index is 0.176. The van der Waals surface area contributed by atoms with Crippen LogP contribution < -0.4 is 0 Å². The summed E-state index contributed by atoms with van der Waals surface area (Å²) >= 11 is 0. The molecule has 1 N–H and O–H groups in total. The second-order valence-corrected chi connectivity index (χ2v) is 4.55. The van der Waals surface area contributed by atoms with Crippen molar-refractivity contribution < 1.29 is 9.90 Å². The fourth-order valence-corrected chi connectivity index (χ4v) is 2.25. The monoisotopic (exact) mass is 219 g/mol. The number of likely N-dealkylation sites (tertiary alicyclic amines) is 1. The fourth-order valence-electron chi connectivity index (χ4n) is 2.25. The minimum atomic E-state index is -0.660. The van der Waals surface area contributed by atoms with Crippen molar-refractivity contribution in [1.82, 2.24) is 4.90 Å². The molecule has 1 aromatic rings. The first-order valence-corrected chi connectivity index (χ1v) is 5.66. The SMILES string of the molecule is Cc1cccc(CN2CC[C@@H](C(=O)O)C2)c1. The number of carboxylic acids is 1. The van der Waals surface area contributed by atoms with Gasteiger partial charge in [0.25, 0.3) is 0 Å². The second-order valence-electron chi connectivity index (χ2n) is 4.55. The van der Waals surface area contributed by atoms with E-state index in [4.69, 9.17) is 5.11 Å². The first-order valence-electron chi connectivity index (χ1n) is 5.66. The summed E-state index contributed by atoms with van der Waals surface area (Å²) in [4.78, 5) is 13.0. The Balaban J connectivity index is 1.94. The molecule has 1 saturated heterocycles. The summed E-state index contributed by atoms with van der Waals surface area (Å²) in [5.41, 5.74) is 2.53. The van der Waals surface area contributed by atoms with Crippen LogP contribution in [0.3, 0.4) is 0 Å². The van der Waals surface area contributed by atoms with Gasteiger partial charge in [0.1, 0.15) is 0 Å². The third-order valence-electron chi connectivity index (χ3n) is 3.11. The average molecular weight is 219 g/mol. The molecule has 0 aromatic heterocycles. The molecule has 3 heteroatoms. The van der Waals surface area contributed by atoms with Crippen LogP contribution in [0.2, 0.25) is 0 Å². The zero-order valence-electron chi connectivity index (χ0n) is 9.52. The van der Waals surface area contributed by atoms with Crippen LogP contribution in [0.5, 0.6) is 0 Å². The van der Waals surface area contributed by atoms with Crippen molar-refractivity contribution in [2.75, 3.05) is 13.1 Å². The van der Waals surface area contributed by atoms with Crippen LogP contribution in [0.25, 0.3) is 0 Å². The summed E-state index contributed by atoms with van der Waals surface area (Å²) in [6, 6.07) is 8.39. The minimum Gasteiger partial charge on any atom is -0.481 e. The molecule has 0 spiro atoms. The molecule has 1 aliphatic heterocycles. The van der Waals surface area contributed by atoms with E-state index in [2.05, 4.69) is 36.1 Å². The number of aryl methyl sites for hydroxylation is 1. The van der Waals surface area contributed by atoms with Crippen molar-refractivity contribution in [1.29, 1.82) is 0 Å². The van der Waals surface area contributed by atoms with Gasteiger partial charge in [0.2, 0.25) is 0 Å². The van der Waals surface area contributed by atoms with Crippen LogP contribution in [0.4, 0.5) is 0 Å². The van der Waals surface area contributed by atoms with Gasteiger partial charge in [0, 0.05) is 13.1 Å². The largest absolute Gasteiger partial charge is 0.481 e. The summed E-state index contributed by atoms with van der Waals surface area (Å²) in [7, 11) is 0. The quantitative estimate of drug-likeness (QED) is 0.844. The second kappa shape index (κ2) is 4.66. The molecule has 1 heterocycles. The molecule has 1 atom stereocenters. The molecule has 1 fully saturated rings. The molecule has 0 bridgehead atoms. The normalized spacial score (nSPS) is 21.2. The van der Waals surface area contributed by atoms with Crippen LogP contribution in [0.1, 0.15) is 17.5 Å². The molecule has 2 rings (SSSR count). The lowest BCUT2D eigenvalue weighted by Crippen LogP contribution is -2.22. The lowest BCUT2D eigenvalue weighted by Gasteiger charge is -2.15. The summed E-state index contributed by atoms with van der Waals surface area (Å²) in [6.07, 6.45) is 0.779. The molecular weight excluding hydrogens is 202 g/mol. The smallest absolute Gasteiger partial charge is 0.307 e. The molecule has 86 valence electrons. The van der Waals surface area contributed by atoms with E-state index in [0.717, 1.165) is 19.5 Å². The van der Waals surface area contributed by atoms with Crippen molar-refractivity contribution in [3.63, 3.8) is 0 Å². The van der Waals surface area contributed by atoms with Crippen molar-refractivity contribution >= 4 is 5.97 Å². The zero-order valence-corrected chi connectivity index (χ0v) is 9.52. The van der Waals surface area contributed by atoms with E-state index in [1.54, 1.807) is 0 Å². The predicted molar refractivity (Wildman–Crippen MR) is 62.2 cm³/mol. The van der Waals surface area contributed by atoms with Crippen LogP contribution >= 0.6 is 0 Å². The van der Waals surface area contributed by atoms with Crippen molar-refractivity contribution in [2.24, 2.45) is 5.92 Å². The Kier molecular flexibility index (Phi) is 3.25. The summed E-state index contributed by atoms with van der Waals surface area (Å²) < 4.78 is 0. The highest BCUT2D eigenvalue weighted by Gasteiger charge is 2.27. The molecule has 3 nitrogen and oxygen atoms in total. The Morgan fingerprint density at radius 1 is 1.56 bits per heavy atom. The van der Waals surface area contributed by atoms with Crippen molar-refractivity contribution in [3.05, 3.63) is 35.4 Å². The van der Waals surface area contributed by atoms with Crippen LogP contribution in [0, 0.1) is 12.8 Å². The van der Waals surface area contributed by atoms with Gasteiger partial charge in [0.15, 0.2) is 0 Å². The Labute approximate surface area is 95.7 Å². The van der Waals surface area contributed by atoms with Gasteiger partial charge in [-0.3, -0.25) is 9.69 Å². The highest BCUT2D eigenvalue weighted by molar-refractivity contribution is 5.70. The van der Waals surface area contributed by atoms with Gasteiger partial charge in [-0.25, -0.2) is 0 Å². The molecule has 0 saturated carbocycles. The highest BCUT2D eigenvalue weighted by Crippen LogP contribution is 2.19. The number of aliphatic carboxylic acids is 1. The number of hydrogen-bond acceptors (Lipinski definition) is 2. The molecule has 0 amide bonds. The number of hydrogen-bond donors (Lipinski definition) is 1. The standard InChI is InChI=1S/C13H17NO2/c1-10-3-2-4-11(7-10)8-14-6-5-12(9-14)13(15)16/h2-4,7,12H,5-6,8-9H2,1H3,(H,15,16)/t12-/m1/s1. The van der Waals surface area contributed by atoms with Gasteiger partial charge in [0.05, 0.1) is 5.92 Å². The zero-order chi connectivity index (χ0) is 11.5. The fraction of sp³-hybridized carbons (Fsp3) is 0.462. The van der Waals surface area contributed by atoms with Crippen LogP contribution in [-0.2, 0) is 11.3 Å². The number of rotatable bonds is 3. The lowest BCUT2D eigenvalue weighted by atomic mass is 10.1. The maximum absolute atomic E-state index is 10.8. The van der Waals surface area contributed by atoms with Gasteiger partial charge in [-0.2, -0.15) is 0 Å². The van der Waals surface area contributed by atoms with E-state index in [0.29, 0.717) is 6.54 Å². The molecule has 16 heavy (non-hydrogen) atoms. The van der Waals surface area contributed by atoms with E-state index < -0.39 is 5.97 Å². The molecule has 0 unspecified atom stereocenters. The maximum Gasteiger partial charge on any atom is 0.307 e. The molecule has 0 radical (unpaired) electrons. The van der Waals surface area contributed by atoms with Gasteiger partial charge in [-0.15, -0.1) is 0 Å². The van der Waals surface area contributed by atoms with Crippen LogP contribution in [-0.4, -0.2) is 29.1 Å². The summed E-state index contributed by atoms with van der Waals surface area (Å²) in [5, 5.41) is 8.91. The molecule has 0 aliphatic carbocycles. The van der Waals surface area contributed by atoms with E-state index in [1.165, 1.54) is 11.1 Å². The predicted octanol–water partition coefficient (Wildman–Crippen LogP) is 1.90. The number of carboxylic acid groups (broad SMARTS) is 1. The summed E-state index contributed by atoms with van der Waals surface area (Å²) in [5.74, 6) is -0.837.